The second kappa shape index (κ2) is 6.39. The van der Waals surface area contributed by atoms with E-state index in [2.05, 4.69) is 23.2 Å². The quantitative estimate of drug-likeness (QED) is 0.674. The van der Waals surface area contributed by atoms with E-state index in [0.29, 0.717) is 4.90 Å². The number of aromatic amines is 1. The van der Waals surface area contributed by atoms with Gasteiger partial charge in [0.05, 0.1) is 4.90 Å². The fourth-order valence-corrected chi connectivity index (χ4v) is 2.55. The number of H-pyrrole nitrogens is 1. The molecule has 3 aromatic rings. The molecule has 3 nitrogen and oxygen atoms in total. The number of nitrogens with one attached hydrogen (secondary N) is 1. The van der Waals surface area contributed by atoms with Crippen LogP contribution in [0.1, 0.15) is 11.1 Å². The van der Waals surface area contributed by atoms with E-state index in [4.69, 9.17) is 0 Å². The summed E-state index contributed by atoms with van der Waals surface area (Å²) in [6.07, 6.45) is 1.95. The molecule has 1 heterocycles. The summed E-state index contributed by atoms with van der Waals surface area (Å²) >= 11 is 0. The van der Waals surface area contributed by atoms with Crippen LogP contribution in [0.25, 0.3) is 10.9 Å². The zero-order valence-corrected chi connectivity index (χ0v) is 12.4. The van der Waals surface area contributed by atoms with Crippen molar-refractivity contribution in [1.29, 1.82) is 0 Å². The summed E-state index contributed by atoms with van der Waals surface area (Å²) in [5, 5.41) is 1.28. The normalized spacial score (nSPS) is 10.3. The molecule has 20 heavy (non-hydrogen) atoms. The lowest BCUT2D eigenvalue weighted by Crippen LogP contribution is -1.86. The third kappa shape index (κ3) is 3.48. The van der Waals surface area contributed by atoms with E-state index in [-0.39, 0.29) is 0 Å². The van der Waals surface area contributed by atoms with Crippen LogP contribution in [0.4, 0.5) is 0 Å². The van der Waals surface area contributed by atoms with Gasteiger partial charge < -0.3 is 4.98 Å². The number of aromatic nitrogens is 1. The van der Waals surface area contributed by atoms with Crippen molar-refractivity contribution in [2.24, 2.45) is 0 Å². The highest BCUT2D eigenvalue weighted by atomic mass is 32.2. The summed E-state index contributed by atoms with van der Waals surface area (Å²) in [7, 11) is -2.43. The molecule has 104 valence electrons. The van der Waals surface area contributed by atoms with Crippen LogP contribution >= 0.6 is 0 Å². The molecule has 0 atom stereocenters. The molecule has 0 fully saturated rings. The summed E-state index contributed by atoms with van der Waals surface area (Å²) in [5.41, 5.74) is 3.11. The molecule has 4 heteroatoms. The van der Waals surface area contributed by atoms with E-state index in [1.54, 1.807) is 19.1 Å². The van der Waals surface area contributed by atoms with E-state index < -0.39 is 10.7 Å². The second-order valence-electron chi connectivity index (χ2n) is 4.61. The lowest BCUT2D eigenvalue weighted by molar-refractivity contribution is 0.614. The van der Waals surface area contributed by atoms with Crippen LogP contribution in [0.5, 0.6) is 0 Å². The molecule has 2 aromatic carbocycles. The standard InChI is InChI=1S/C8H7N.C8H10O2S/c1-2-4-8-7(3-1)5-6-9-8;1-6-3-4-8(11(9)10)7(2)5-6/h1-6,9H;3-5,11H,1-2H3. The smallest absolute Gasteiger partial charge is 0.168 e. The van der Waals surface area contributed by atoms with Gasteiger partial charge in [0.2, 0.25) is 0 Å². The van der Waals surface area contributed by atoms with Crippen molar-refractivity contribution in [3.05, 3.63) is 65.9 Å². The number of rotatable bonds is 1. The summed E-state index contributed by atoms with van der Waals surface area (Å²) in [6, 6.07) is 15.6. The maximum Gasteiger partial charge on any atom is 0.168 e. The Labute approximate surface area is 120 Å². The first-order valence-corrected chi connectivity index (χ1v) is 7.49. The van der Waals surface area contributed by atoms with Crippen LogP contribution in [-0.2, 0) is 10.7 Å². The number of benzene rings is 2. The number of hydrogen-bond donors (Lipinski definition) is 2. The number of thiol groups is 1. The van der Waals surface area contributed by atoms with Gasteiger partial charge >= 0.3 is 0 Å². The first kappa shape index (κ1) is 14.3. The van der Waals surface area contributed by atoms with Crippen LogP contribution in [0.15, 0.2) is 59.6 Å². The third-order valence-corrected chi connectivity index (χ3v) is 3.91. The maximum atomic E-state index is 10.6. The Morgan fingerprint density at radius 2 is 1.70 bits per heavy atom. The first-order valence-electron chi connectivity index (χ1n) is 6.31. The van der Waals surface area contributed by atoms with Gasteiger partial charge in [-0.2, -0.15) is 0 Å². The topological polar surface area (TPSA) is 49.9 Å². The van der Waals surface area contributed by atoms with Crippen molar-refractivity contribution in [3.63, 3.8) is 0 Å². The number of para-hydroxylation sites is 1. The van der Waals surface area contributed by atoms with Gasteiger partial charge in [0.1, 0.15) is 0 Å². The molecule has 0 aliphatic carbocycles. The molecular formula is C16H17NO2S. The molecule has 0 amide bonds. The summed E-state index contributed by atoms with van der Waals surface area (Å²) in [6.45, 7) is 3.74. The van der Waals surface area contributed by atoms with Gasteiger partial charge in [-0.3, -0.25) is 0 Å². The largest absolute Gasteiger partial charge is 0.361 e. The highest BCUT2D eigenvalue weighted by Gasteiger charge is 1.98. The van der Waals surface area contributed by atoms with Crippen LogP contribution in [-0.4, -0.2) is 13.4 Å². The second-order valence-corrected chi connectivity index (χ2v) is 5.61. The predicted molar refractivity (Wildman–Crippen MR) is 82.8 cm³/mol. The lowest BCUT2D eigenvalue weighted by atomic mass is 10.2. The van der Waals surface area contributed by atoms with Crippen LogP contribution < -0.4 is 0 Å². The Kier molecular flexibility index (Phi) is 4.58. The fourth-order valence-electron chi connectivity index (χ4n) is 2.01. The first-order chi connectivity index (χ1) is 9.58. The highest BCUT2D eigenvalue weighted by molar-refractivity contribution is 7.72. The number of hydrogen-bond acceptors (Lipinski definition) is 2. The Morgan fingerprint density at radius 1 is 0.950 bits per heavy atom. The molecular weight excluding hydrogens is 270 g/mol. The zero-order valence-electron chi connectivity index (χ0n) is 11.5. The van der Waals surface area contributed by atoms with Crippen molar-refractivity contribution in [1.82, 2.24) is 4.98 Å². The van der Waals surface area contributed by atoms with Crippen molar-refractivity contribution in [2.45, 2.75) is 18.7 Å². The van der Waals surface area contributed by atoms with Crippen molar-refractivity contribution >= 4 is 21.6 Å². The molecule has 0 saturated heterocycles. The number of fused-ring (bicyclic) bond motifs is 1. The summed E-state index contributed by atoms with van der Waals surface area (Å²) in [5.74, 6) is 0. The van der Waals surface area contributed by atoms with Gasteiger partial charge in [-0.25, -0.2) is 8.42 Å². The van der Waals surface area contributed by atoms with Crippen molar-refractivity contribution in [3.8, 4) is 0 Å². The highest BCUT2D eigenvalue weighted by Crippen LogP contribution is 2.11. The fraction of sp³-hybridized carbons (Fsp3) is 0.125. The average Bonchev–Trinajstić information content (AvgIpc) is 2.87. The minimum Gasteiger partial charge on any atom is -0.361 e. The van der Waals surface area contributed by atoms with E-state index in [9.17, 15) is 8.42 Å². The van der Waals surface area contributed by atoms with Crippen LogP contribution in [0, 0.1) is 13.8 Å². The summed E-state index contributed by atoms with van der Waals surface area (Å²) in [4.78, 5) is 3.54. The SMILES string of the molecule is Cc1ccc([SH](=O)=O)c(C)c1.c1ccc2[nH]ccc2c1. The van der Waals surface area contributed by atoms with E-state index >= 15 is 0 Å². The van der Waals surface area contributed by atoms with Gasteiger partial charge in [-0.05, 0) is 43.0 Å². The average molecular weight is 287 g/mol. The molecule has 1 aromatic heterocycles. The van der Waals surface area contributed by atoms with Crippen LogP contribution in [0.2, 0.25) is 0 Å². The molecule has 3 rings (SSSR count). The van der Waals surface area contributed by atoms with E-state index in [1.165, 1.54) is 10.9 Å². The van der Waals surface area contributed by atoms with Gasteiger partial charge in [0, 0.05) is 11.7 Å². The van der Waals surface area contributed by atoms with Gasteiger partial charge in [0.25, 0.3) is 0 Å². The molecule has 0 aliphatic heterocycles. The molecule has 0 aliphatic rings. The van der Waals surface area contributed by atoms with Gasteiger partial charge in [-0.1, -0.05) is 35.9 Å². The zero-order chi connectivity index (χ0) is 14.5. The maximum absolute atomic E-state index is 10.6. The molecule has 0 spiro atoms. The minimum absolute atomic E-state index is 0.422. The lowest BCUT2D eigenvalue weighted by Gasteiger charge is -1.97. The third-order valence-electron chi connectivity index (χ3n) is 3.01. The molecule has 0 saturated carbocycles. The van der Waals surface area contributed by atoms with E-state index in [0.717, 1.165) is 11.1 Å². The molecule has 0 unspecified atom stereocenters. The van der Waals surface area contributed by atoms with Gasteiger partial charge in [0.15, 0.2) is 10.7 Å². The summed E-state index contributed by atoms with van der Waals surface area (Å²) < 4.78 is 21.1. The Morgan fingerprint density at radius 3 is 2.35 bits per heavy atom. The van der Waals surface area contributed by atoms with Crippen molar-refractivity contribution < 1.29 is 8.42 Å². The molecule has 0 radical (unpaired) electrons. The van der Waals surface area contributed by atoms with Crippen molar-refractivity contribution in [2.75, 3.05) is 0 Å². The molecule has 0 bridgehead atoms. The van der Waals surface area contributed by atoms with Gasteiger partial charge in [-0.15, -0.1) is 0 Å². The van der Waals surface area contributed by atoms with E-state index in [1.807, 2.05) is 31.3 Å². The Hall–Kier alpha value is -2.07. The van der Waals surface area contributed by atoms with Crippen LogP contribution in [0.3, 0.4) is 0 Å². The predicted octanol–water partition coefficient (Wildman–Crippen LogP) is 3.44. The Balaban J connectivity index is 0.000000149. The minimum atomic E-state index is -2.43. The monoisotopic (exact) mass is 287 g/mol. The Bertz CT molecular complexity index is 750. The molecule has 1 N–H and O–H groups in total. The number of aryl methyl sites for hydroxylation is 2.